The Labute approximate surface area is 174 Å². The second-order valence-electron chi connectivity index (χ2n) is 7.07. The van der Waals surface area contributed by atoms with Crippen LogP contribution in [-0.4, -0.2) is 9.97 Å². The normalized spacial score (nSPS) is 10.9. The molecule has 0 N–H and O–H groups in total. The number of nitrogens with zero attached hydrogens (tertiary/aromatic N) is 2. The Morgan fingerprint density at radius 3 is 1.33 bits per heavy atom. The van der Waals surface area contributed by atoms with Gasteiger partial charge in [-0.05, 0) is 35.4 Å². The number of hydrogen-bond acceptors (Lipinski definition) is 4. The molecule has 0 radical (unpaired) electrons. The molecule has 4 heteroatoms. The van der Waals surface area contributed by atoms with Crippen molar-refractivity contribution in [3.05, 3.63) is 108 Å². The summed E-state index contributed by atoms with van der Waals surface area (Å²) in [5, 5.41) is 0. The molecule has 0 fully saturated rings. The zero-order chi connectivity index (χ0) is 20.2. The molecule has 0 saturated carbocycles. The number of hydrogen-bond donors (Lipinski definition) is 0. The zero-order valence-electron chi connectivity index (χ0n) is 16.4. The molecule has 0 bridgehead atoms. The molecule has 5 rings (SSSR count). The summed E-state index contributed by atoms with van der Waals surface area (Å²) < 4.78 is 11.8. The van der Waals surface area contributed by atoms with Gasteiger partial charge in [-0.3, -0.25) is 0 Å². The molecule has 0 aliphatic carbocycles. The molecule has 0 aliphatic rings. The van der Waals surface area contributed by atoms with E-state index < -0.39 is 0 Å². The molecular weight excluding hydrogens is 372 g/mol. The monoisotopic (exact) mass is 392 g/mol. The van der Waals surface area contributed by atoms with Crippen LogP contribution >= 0.6 is 0 Å². The fraction of sp³-hybridized carbons (Fsp3) is 0.0769. The lowest BCUT2D eigenvalue weighted by Crippen LogP contribution is -1.97. The van der Waals surface area contributed by atoms with Crippen LogP contribution in [0.5, 0.6) is 11.5 Å². The highest BCUT2D eigenvalue weighted by Crippen LogP contribution is 2.24. The van der Waals surface area contributed by atoms with Gasteiger partial charge in [-0.2, -0.15) is 0 Å². The standard InChI is InChI=1S/C26H20N2O2/c1-3-7-19(8-4-1)17-29-21-11-13-23-25(15-21)27-24-14-12-22(16-26(24)28-23)30-18-20-9-5-2-6-10-20/h1-16H,17-18H2. The van der Waals surface area contributed by atoms with Crippen molar-refractivity contribution in [2.45, 2.75) is 13.2 Å². The maximum absolute atomic E-state index is 5.92. The van der Waals surface area contributed by atoms with Crippen molar-refractivity contribution in [2.24, 2.45) is 0 Å². The summed E-state index contributed by atoms with van der Waals surface area (Å²) in [5.74, 6) is 1.56. The van der Waals surface area contributed by atoms with E-state index in [1.54, 1.807) is 0 Å². The third-order valence-corrected chi connectivity index (χ3v) is 4.87. The van der Waals surface area contributed by atoms with Crippen LogP contribution in [0.4, 0.5) is 0 Å². The molecule has 1 heterocycles. The molecule has 0 spiro atoms. The molecule has 0 saturated heterocycles. The van der Waals surface area contributed by atoms with E-state index in [0.717, 1.165) is 44.7 Å². The Bertz CT molecular complexity index is 1190. The van der Waals surface area contributed by atoms with Gasteiger partial charge in [0.05, 0.1) is 22.1 Å². The second-order valence-corrected chi connectivity index (χ2v) is 7.07. The zero-order valence-corrected chi connectivity index (χ0v) is 16.4. The molecule has 0 atom stereocenters. The predicted octanol–water partition coefficient (Wildman–Crippen LogP) is 5.94. The van der Waals surface area contributed by atoms with E-state index in [1.165, 1.54) is 0 Å². The van der Waals surface area contributed by atoms with Gasteiger partial charge in [0, 0.05) is 12.1 Å². The van der Waals surface area contributed by atoms with Crippen LogP contribution in [0.3, 0.4) is 0 Å². The van der Waals surface area contributed by atoms with Gasteiger partial charge < -0.3 is 9.47 Å². The Balaban J connectivity index is 1.36. The van der Waals surface area contributed by atoms with Gasteiger partial charge in [0.25, 0.3) is 0 Å². The van der Waals surface area contributed by atoms with Crippen LogP contribution < -0.4 is 9.47 Å². The summed E-state index contributed by atoms with van der Waals surface area (Å²) in [6, 6.07) is 31.8. The minimum Gasteiger partial charge on any atom is -0.489 e. The molecule has 4 aromatic carbocycles. The third-order valence-electron chi connectivity index (χ3n) is 4.87. The first kappa shape index (κ1) is 18.1. The van der Waals surface area contributed by atoms with E-state index in [4.69, 9.17) is 19.4 Å². The largest absolute Gasteiger partial charge is 0.489 e. The molecule has 0 unspecified atom stereocenters. The third kappa shape index (κ3) is 4.08. The molecular formula is C26H20N2O2. The number of aromatic nitrogens is 2. The Kier molecular flexibility index (Phi) is 4.96. The highest BCUT2D eigenvalue weighted by Gasteiger charge is 2.06. The van der Waals surface area contributed by atoms with Gasteiger partial charge in [-0.15, -0.1) is 0 Å². The van der Waals surface area contributed by atoms with E-state index in [0.29, 0.717) is 13.2 Å². The van der Waals surface area contributed by atoms with Crippen molar-refractivity contribution >= 4 is 22.1 Å². The number of benzene rings is 4. The maximum Gasteiger partial charge on any atom is 0.122 e. The van der Waals surface area contributed by atoms with Gasteiger partial charge in [0.2, 0.25) is 0 Å². The first-order valence-electron chi connectivity index (χ1n) is 9.88. The molecule has 5 aromatic rings. The van der Waals surface area contributed by atoms with Crippen molar-refractivity contribution in [3.8, 4) is 11.5 Å². The van der Waals surface area contributed by atoms with Crippen molar-refractivity contribution in [1.82, 2.24) is 9.97 Å². The number of fused-ring (bicyclic) bond motifs is 2. The first-order valence-corrected chi connectivity index (χ1v) is 9.88. The van der Waals surface area contributed by atoms with Crippen LogP contribution in [0.2, 0.25) is 0 Å². The quantitative estimate of drug-likeness (QED) is 0.335. The SMILES string of the molecule is c1ccc(COc2ccc3nc4cc(OCc5ccccc5)ccc4nc3c2)cc1. The topological polar surface area (TPSA) is 44.2 Å². The van der Waals surface area contributed by atoms with E-state index >= 15 is 0 Å². The summed E-state index contributed by atoms with van der Waals surface area (Å²) in [7, 11) is 0. The van der Waals surface area contributed by atoms with E-state index in [-0.39, 0.29) is 0 Å². The van der Waals surface area contributed by atoms with E-state index in [1.807, 2.05) is 97.1 Å². The first-order chi connectivity index (χ1) is 14.8. The van der Waals surface area contributed by atoms with Gasteiger partial charge in [-0.1, -0.05) is 60.7 Å². The van der Waals surface area contributed by atoms with Crippen LogP contribution in [0.25, 0.3) is 22.1 Å². The van der Waals surface area contributed by atoms with Crippen LogP contribution in [0, 0.1) is 0 Å². The summed E-state index contributed by atoms with van der Waals surface area (Å²) in [4.78, 5) is 9.51. The van der Waals surface area contributed by atoms with Gasteiger partial charge in [0.1, 0.15) is 24.7 Å². The summed E-state index contributed by atoms with van der Waals surface area (Å²) in [5.41, 5.74) is 5.54. The van der Waals surface area contributed by atoms with E-state index in [9.17, 15) is 0 Å². The Morgan fingerprint density at radius 2 is 0.900 bits per heavy atom. The minimum atomic E-state index is 0.523. The number of ether oxygens (including phenoxy) is 2. The fourth-order valence-corrected chi connectivity index (χ4v) is 3.30. The fourth-order valence-electron chi connectivity index (χ4n) is 3.30. The molecule has 1 aromatic heterocycles. The number of rotatable bonds is 6. The summed E-state index contributed by atoms with van der Waals surface area (Å²) in [6.45, 7) is 1.05. The predicted molar refractivity (Wildman–Crippen MR) is 119 cm³/mol. The van der Waals surface area contributed by atoms with Crippen molar-refractivity contribution in [1.29, 1.82) is 0 Å². The van der Waals surface area contributed by atoms with Crippen molar-refractivity contribution in [2.75, 3.05) is 0 Å². The van der Waals surface area contributed by atoms with Gasteiger partial charge in [-0.25, -0.2) is 9.97 Å². The van der Waals surface area contributed by atoms with Crippen molar-refractivity contribution in [3.63, 3.8) is 0 Å². The minimum absolute atomic E-state index is 0.523. The molecule has 4 nitrogen and oxygen atoms in total. The average Bonchev–Trinajstić information content (AvgIpc) is 2.81. The maximum atomic E-state index is 5.92. The Morgan fingerprint density at radius 1 is 0.467 bits per heavy atom. The highest BCUT2D eigenvalue weighted by atomic mass is 16.5. The lowest BCUT2D eigenvalue weighted by molar-refractivity contribution is 0.306. The van der Waals surface area contributed by atoms with Crippen LogP contribution in [-0.2, 0) is 13.2 Å². The van der Waals surface area contributed by atoms with E-state index in [2.05, 4.69) is 0 Å². The molecule has 0 amide bonds. The summed E-state index contributed by atoms with van der Waals surface area (Å²) in [6.07, 6.45) is 0. The molecule has 0 aliphatic heterocycles. The van der Waals surface area contributed by atoms with Crippen LogP contribution in [0.1, 0.15) is 11.1 Å². The summed E-state index contributed by atoms with van der Waals surface area (Å²) >= 11 is 0. The average molecular weight is 392 g/mol. The lowest BCUT2D eigenvalue weighted by Gasteiger charge is -2.09. The Hall–Kier alpha value is -3.92. The van der Waals surface area contributed by atoms with Gasteiger partial charge >= 0.3 is 0 Å². The second kappa shape index (κ2) is 8.21. The van der Waals surface area contributed by atoms with Crippen molar-refractivity contribution < 1.29 is 9.47 Å². The smallest absolute Gasteiger partial charge is 0.122 e. The lowest BCUT2D eigenvalue weighted by atomic mass is 10.2. The molecule has 146 valence electrons. The van der Waals surface area contributed by atoms with Gasteiger partial charge in [0.15, 0.2) is 0 Å². The highest BCUT2D eigenvalue weighted by molar-refractivity contribution is 5.87. The molecule has 30 heavy (non-hydrogen) atoms. The van der Waals surface area contributed by atoms with Crippen LogP contribution in [0.15, 0.2) is 97.1 Å².